The SMILES string of the molecule is C[C@@H](C(=O)N1CCCCCC1)N1CC=C(c2cnn(C(C)(C)C)c2)CC1. The van der Waals surface area contributed by atoms with E-state index in [-0.39, 0.29) is 11.6 Å². The molecule has 5 heteroatoms. The van der Waals surface area contributed by atoms with E-state index in [9.17, 15) is 4.79 Å². The molecule has 0 bridgehead atoms. The number of hydrogen-bond acceptors (Lipinski definition) is 3. The van der Waals surface area contributed by atoms with Crippen LogP contribution in [-0.4, -0.2) is 57.7 Å². The monoisotopic (exact) mass is 358 g/mol. The van der Waals surface area contributed by atoms with Gasteiger partial charge in [-0.1, -0.05) is 18.9 Å². The van der Waals surface area contributed by atoms with Crippen molar-refractivity contribution in [2.24, 2.45) is 0 Å². The van der Waals surface area contributed by atoms with Gasteiger partial charge < -0.3 is 4.90 Å². The number of hydrogen-bond donors (Lipinski definition) is 0. The van der Waals surface area contributed by atoms with Gasteiger partial charge in [-0.25, -0.2) is 0 Å². The van der Waals surface area contributed by atoms with Gasteiger partial charge >= 0.3 is 0 Å². The Morgan fingerprint density at radius 2 is 1.81 bits per heavy atom. The van der Waals surface area contributed by atoms with Crippen molar-refractivity contribution in [3.8, 4) is 0 Å². The molecule has 0 spiro atoms. The van der Waals surface area contributed by atoms with Crippen molar-refractivity contribution in [3.05, 3.63) is 24.0 Å². The molecule has 144 valence electrons. The third-order valence-electron chi connectivity index (χ3n) is 5.70. The van der Waals surface area contributed by atoms with Crippen LogP contribution in [0.25, 0.3) is 5.57 Å². The van der Waals surface area contributed by atoms with Crippen LogP contribution >= 0.6 is 0 Å². The fourth-order valence-electron chi connectivity index (χ4n) is 3.87. The van der Waals surface area contributed by atoms with Crippen LogP contribution in [0, 0.1) is 0 Å². The van der Waals surface area contributed by atoms with Gasteiger partial charge in [-0.05, 0) is 52.5 Å². The van der Waals surface area contributed by atoms with E-state index >= 15 is 0 Å². The number of aromatic nitrogens is 2. The second kappa shape index (κ2) is 7.95. The van der Waals surface area contributed by atoms with Crippen molar-refractivity contribution in [3.63, 3.8) is 0 Å². The first-order valence-corrected chi connectivity index (χ1v) is 10.1. The molecule has 3 heterocycles. The van der Waals surface area contributed by atoms with Crippen molar-refractivity contribution in [2.75, 3.05) is 26.2 Å². The lowest BCUT2D eigenvalue weighted by atomic mass is 10.0. The molecule has 5 nitrogen and oxygen atoms in total. The van der Waals surface area contributed by atoms with Crippen LogP contribution in [0.5, 0.6) is 0 Å². The van der Waals surface area contributed by atoms with Gasteiger partial charge in [0.05, 0.1) is 17.8 Å². The molecule has 2 aliphatic rings. The third-order valence-corrected chi connectivity index (χ3v) is 5.70. The zero-order chi connectivity index (χ0) is 18.7. The average Bonchev–Trinajstić information content (AvgIpc) is 2.98. The highest BCUT2D eigenvalue weighted by molar-refractivity contribution is 5.81. The van der Waals surface area contributed by atoms with E-state index in [2.05, 4.69) is 54.9 Å². The Balaban J connectivity index is 1.61. The fourth-order valence-corrected chi connectivity index (χ4v) is 3.87. The van der Waals surface area contributed by atoms with E-state index in [1.165, 1.54) is 24.0 Å². The Kier molecular flexibility index (Phi) is 5.86. The number of rotatable bonds is 3. The maximum Gasteiger partial charge on any atom is 0.239 e. The molecular weight excluding hydrogens is 324 g/mol. The minimum atomic E-state index is -0.0248. The Morgan fingerprint density at radius 3 is 2.35 bits per heavy atom. The number of carbonyl (C=O) groups excluding carboxylic acids is 1. The summed E-state index contributed by atoms with van der Waals surface area (Å²) < 4.78 is 2.03. The van der Waals surface area contributed by atoms with Gasteiger partial charge in [-0.3, -0.25) is 14.4 Å². The number of nitrogens with zero attached hydrogens (tertiary/aromatic N) is 4. The summed E-state index contributed by atoms with van der Waals surface area (Å²) in [4.78, 5) is 17.3. The van der Waals surface area contributed by atoms with Crippen LogP contribution in [0.2, 0.25) is 0 Å². The van der Waals surface area contributed by atoms with Crippen LogP contribution in [0.1, 0.15) is 65.4 Å². The third kappa shape index (κ3) is 4.37. The number of carbonyl (C=O) groups is 1. The second-order valence-electron chi connectivity index (χ2n) is 8.73. The van der Waals surface area contributed by atoms with Crippen LogP contribution in [0.3, 0.4) is 0 Å². The molecule has 0 unspecified atom stereocenters. The summed E-state index contributed by atoms with van der Waals surface area (Å²) in [5.41, 5.74) is 2.57. The van der Waals surface area contributed by atoms with E-state index in [0.717, 1.165) is 45.4 Å². The lowest BCUT2D eigenvalue weighted by Gasteiger charge is -2.34. The minimum Gasteiger partial charge on any atom is -0.341 e. The van der Waals surface area contributed by atoms with E-state index in [0.29, 0.717) is 5.91 Å². The Labute approximate surface area is 158 Å². The highest BCUT2D eigenvalue weighted by Gasteiger charge is 2.28. The van der Waals surface area contributed by atoms with Crippen LogP contribution in [0.15, 0.2) is 18.5 Å². The number of likely N-dealkylation sites (tertiary alicyclic amines) is 1. The van der Waals surface area contributed by atoms with Crippen molar-refractivity contribution in [1.29, 1.82) is 0 Å². The Hall–Kier alpha value is -1.62. The summed E-state index contributed by atoms with van der Waals surface area (Å²) >= 11 is 0. The van der Waals surface area contributed by atoms with Gasteiger partial charge in [-0.15, -0.1) is 0 Å². The van der Waals surface area contributed by atoms with Gasteiger partial charge in [-0.2, -0.15) is 5.10 Å². The van der Waals surface area contributed by atoms with E-state index < -0.39 is 0 Å². The normalized spacial score (nSPS) is 21.2. The molecule has 0 aliphatic carbocycles. The van der Waals surface area contributed by atoms with Gasteiger partial charge in [0.15, 0.2) is 0 Å². The lowest BCUT2D eigenvalue weighted by Crippen LogP contribution is -2.48. The Bertz CT molecular complexity index is 647. The molecule has 1 saturated heterocycles. The quantitative estimate of drug-likeness (QED) is 0.830. The van der Waals surface area contributed by atoms with Gasteiger partial charge in [0, 0.05) is 37.9 Å². The molecule has 1 atom stereocenters. The van der Waals surface area contributed by atoms with E-state index in [1.54, 1.807) is 0 Å². The number of amides is 1. The second-order valence-corrected chi connectivity index (χ2v) is 8.73. The molecular formula is C21H34N4O. The van der Waals surface area contributed by atoms with Crippen molar-refractivity contribution in [1.82, 2.24) is 19.6 Å². The summed E-state index contributed by atoms with van der Waals surface area (Å²) in [6.07, 6.45) is 12.2. The smallest absolute Gasteiger partial charge is 0.239 e. The molecule has 1 amide bonds. The zero-order valence-electron chi connectivity index (χ0n) is 16.9. The van der Waals surface area contributed by atoms with Crippen LogP contribution in [-0.2, 0) is 10.3 Å². The van der Waals surface area contributed by atoms with Gasteiger partial charge in [0.1, 0.15) is 0 Å². The standard InChI is InChI=1S/C21H34N4O/c1-17(20(26)24-11-7-5-6-8-12-24)23-13-9-18(10-14-23)19-15-22-25(16-19)21(2,3)4/h9,15-17H,5-8,10-14H2,1-4H3/t17-/m0/s1. The van der Waals surface area contributed by atoms with Crippen LogP contribution in [0.4, 0.5) is 0 Å². The van der Waals surface area contributed by atoms with Crippen molar-refractivity contribution in [2.45, 2.75) is 71.4 Å². The summed E-state index contributed by atoms with van der Waals surface area (Å²) in [7, 11) is 0. The Morgan fingerprint density at radius 1 is 1.12 bits per heavy atom. The molecule has 1 aromatic heterocycles. The maximum atomic E-state index is 12.9. The fraction of sp³-hybridized carbons (Fsp3) is 0.714. The first kappa shape index (κ1) is 19.2. The summed E-state index contributed by atoms with van der Waals surface area (Å²) in [6.45, 7) is 12.2. The summed E-state index contributed by atoms with van der Waals surface area (Å²) in [6, 6.07) is -0.0248. The average molecular weight is 359 g/mol. The zero-order valence-corrected chi connectivity index (χ0v) is 16.9. The predicted molar refractivity (Wildman–Crippen MR) is 106 cm³/mol. The van der Waals surface area contributed by atoms with Crippen molar-refractivity contribution < 1.29 is 4.79 Å². The molecule has 0 radical (unpaired) electrons. The maximum absolute atomic E-state index is 12.9. The van der Waals surface area contributed by atoms with Crippen LogP contribution < -0.4 is 0 Å². The predicted octanol–water partition coefficient (Wildman–Crippen LogP) is 3.52. The molecule has 2 aliphatic heterocycles. The molecule has 3 rings (SSSR count). The molecule has 1 fully saturated rings. The van der Waals surface area contributed by atoms with Gasteiger partial charge in [0.2, 0.25) is 5.91 Å². The molecule has 26 heavy (non-hydrogen) atoms. The lowest BCUT2D eigenvalue weighted by molar-refractivity contribution is -0.136. The van der Waals surface area contributed by atoms with E-state index in [1.807, 2.05) is 10.9 Å². The summed E-state index contributed by atoms with van der Waals surface area (Å²) in [5, 5.41) is 4.52. The largest absolute Gasteiger partial charge is 0.341 e. The first-order valence-electron chi connectivity index (χ1n) is 10.1. The van der Waals surface area contributed by atoms with E-state index in [4.69, 9.17) is 0 Å². The molecule has 0 saturated carbocycles. The topological polar surface area (TPSA) is 41.4 Å². The highest BCUT2D eigenvalue weighted by atomic mass is 16.2. The summed E-state index contributed by atoms with van der Waals surface area (Å²) in [5.74, 6) is 0.310. The molecule has 0 aromatic carbocycles. The first-order chi connectivity index (χ1) is 12.4. The molecule has 1 aromatic rings. The van der Waals surface area contributed by atoms with Crippen molar-refractivity contribution >= 4 is 11.5 Å². The highest BCUT2D eigenvalue weighted by Crippen LogP contribution is 2.25. The van der Waals surface area contributed by atoms with Gasteiger partial charge in [0.25, 0.3) is 0 Å². The minimum absolute atomic E-state index is 0.00754. The molecule has 0 N–H and O–H groups in total.